The molecule has 0 amide bonds. The van der Waals surface area contributed by atoms with Crippen molar-refractivity contribution >= 4 is 11.0 Å². The van der Waals surface area contributed by atoms with E-state index in [2.05, 4.69) is 4.90 Å². The van der Waals surface area contributed by atoms with Crippen molar-refractivity contribution in [1.82, 2.24) is 4.90 Å². The van der Waals surface area contributed by atoms with Crippen molar-refractivity contribution in [2.45, 2.75) is 13.1 Å². The molecule has 6 heteroatoms. The Balaban J connectivity index is 1.50. The predicted octanol–water partition coefficient (Wildman–Crippen LogP) is 4.83. The van der Waals surface area contributed by atoms with Gasteiger partial charge in [0.05, 0.1) is 30.7 Å². The van der Waals surface area contributed by atoms with Crippen LogP contribution in [0, 0.1) is 0 Å². The number of fused-ring (bicyclic) bond motifs is 3. The van der Waals surface area contributed by atoms with Gasteiger partial charge in [-0.1, -0.05) is 30.3 Å². The third kappa shape index (κ3) is 3.59. The fraction of sp³-hybridized carbons (Fsp3) is 0.192. The molecule has 162 valence electrons. The summed E-state index contributed by atoms with van der Waals surface area (Å²) >= 11 is 0. The maximum absolute atomic E-state index is 13.3. The van der Waals surface area contributed by atoms with Crippen molar-refractivity contribution in [3.8, 4) is 28.4 Å². The molecule has 2 heterocycles. The monoisotopic (exact) mass is 429 g/mol. The van der Waals surface area contributed by atoms with Gasteiger partial charge in [0, 0.05) is 18.7 Å². The zero-order valence-electron chi connectivity index (χ0n) is 18.0. The van der Waals surface area contributed by atoms with Crippen molar-refractivity contribution < 1.29 is 18.6 Å². The van der Waals surface area contributed by atoms with Crippen LogP contribution in [0.5, 0.6) is 17.2 Å². The molecule has 1 aliphatic rings. The summed E-state index contributed by atoms with van der Waals surface area (Å²) in [4.78, 5) is 15.5. The molecule has 0 unspecified atom stereocenters. The van der Waals surface area contributed by atoms with Gasteiger partial charge >= 0.3 is 0 Å². The maximum Gasteiger partial charge on any atom is 0.200 e. The Morgan fingerprint density at radius 1 is 0.938 bits per heavy atom. The number of hydrogen-bond donors (Lipinski definition) is 0. The van der Waals surface area contributed by atoms with Crippen LogP contribution >= 0.6 is 0 Å². The van der Waals surface area contributed by atoms with E-state index < -0.39 is 0 Å². The second-order valence-corrected chi connectivity index (χ2v) is 7.71. The number of para-hydroxylation sites is 1. The molecule has 0 spiro atoms. The minimum Gasteiger partial charge on any atom is -0.497 e. The highest BCUT2D eigenvalue weighted by Crippen LogP contribution is 2.34. The predicted molar refractivity (Wildman–Crippen MR) is 122 cm³/mol. The summed E-state index contributed by atoms with van der Waals surface area (Å²) in [6.45, 7) is 1.80. The molecule has 32 heavy (non-hydrogen) atoms. The summed E-state index contributed by atoms with van der Waals surface area (Å²) < 4.78 is 22.7. The summed E-state index contributed by atoms with van der Waals surface area (Å²) in [7, 11) is 3.25. The Bertz CT molecular complexity index is 1330. The van der Waals surface area contributed by atoms with Crippen molar-refractivity contribution in [1.29, 1.82) is 0 Å². The van der Waals surface area contributed by atoms with Crippen LogP contribution in [0.4, 0.5) is 0 Å². The van der Waals surface area contributed by atoms with E-state index in [4.69, 9.17) is 18.6 Å². The van der Waals surface area contributed by atoms with Crippen LogP contribution in [-0.2, 0) is 13.1 Å². The molecule has 0 saturated heterocycles. The highest BCUT2D eigenvalue weighted by molar-refractivity contribution is 5.86. The van der Waals surface area contributed by atoms with E-state index in [9.17, 15) is 4.79 Å². The highest BCUT2D eigenvalue weighted by Gasteiger charge is 2.23. The third-order valence-electron chi connectivity index (χ3n) is 5.75. The van der Waals surface area contributed by atoms with Gasteiger partial charge in [0.25, 0.3) is 0 Å². The Morgan fingerprint density at radius 3 is 2.53 bits per heavy atom. The minimum absolute atomic E-state index is 0.0918. The van der Waals surface area contributed by atoms with Gasteiger partial charge in [-0.3, -0.25) is 9.69 Å². The van der Waals surface area contributed by atoms with Gasteiger partial charge in [0.1, 0.15) is 35.8 Å². The molecule has 0 radical (unpaired) electrons. The van der Waals surface area contributed by atoms with E-state index in [0.717, 1.165) is 22.6 Å². The topological polar surface area (TPSA) is 61.1 Å². The molecule has 3 aromatic carbocycles. The second kappa shape index (κ2) is 8.40. The van der Waals surface area contributed by atoms with E-state index in [1.54, 1.807) is 20.3 Å². The van der Waals surface area contributed by atoms with Gasteiger partial charge in [0.15, 0.2) is 0 Å². The van der Waals surface area contributed by atoms with Crippen molar-refractivity contribution in [3.63, 3.8) is 0 Å². The normalized spacial score (nSPS) is 13.4. The molecule has 1 aromatic heterocycles. The van der Waals surface area contributed by atoms with Gasteiger partial charge in [-0.05, 0) is 35.9 Å². The van der Waals surface area contributed by atoms with Crippen molar-refractivity contribution in [2.24, 2.45) is 0 Å². The summed E-state index contributed by atoms with van der Waals surface area (Å²) in [6, 6.07) is 19.0. The van der Waals surface area contributed by atoms with Crippen LogP contribution in [-0.4, -0.2) is 25.9 Å². The first-order chi connectivity index (χ1) is 15.7. The van der Waals surface area contributed by atoms with Crippen LogP contribution in [0.15, 0.2) is 76.1 Å². The lowest BCUT2D eigenvalue weighted by molar-refractivity contribution is 0.0890. The largest absolute Gasteiger partial charge is 0.497 e. The lowest BCUT2D eigenvalue weighted by atomic mass is 10.0. The Labute approximate surface area is 185 Å². The first-order valence-corrected chi connectivity index (χ1v) is 10.4. The summed E-state index contributed by atoms with van der Waals surface area (Å²) in [6.07, 6.45) is 1.52. The van der Waals surface area contributed by atoms with Crippen LogP contribution in [0.1, 0.15) is 11.1 Å². The van der Waals surface area contributed by atoms with Crippen LogP contribution in [0.2, 0.25) is 0 Å². The highest BCUT2D eigenvalue weighted by atomic mass is 16.5. The molecule has 0 N–H and O–H groups in total. The second-order valence-electron chi connectivity index (χ2n) is 7.71. The number of nitrogens with zero attached hydrogens (tertiary/aromatic N) is 1. The Morgan fingerprint density at radius 2 is 1.75 bits per heavy atom. The maximum atomic E-state index is 13.3. The number of ether oxygens (including phenoxy) is 3. The van der Waals surface area contributed by atoms with Crippen LogP contribution < -0.4 is 19.6 Å². The molecule has 0 saturated carbocycles. The zero-order chi connectivity index (χ0) is 22.1. The van der Waals surface area contributed by atoms with E-state index in [0.29, 0.717) is 47.7 Å². The first-order valence-electron chi connectivity index (χ1n) is 10.4. The zero-order valence-corrected chi connectivity index (χ0v) is 18.0. The molecule has 0 fully saturated rings. The molecule has 4 aromatic rings. The molecule has 1 aliphatic heterocycles. The lowest BCUT2D eigenvalue weighted by Crippen LogP contribution is -2.31. The van der Waals surface area contributed by atoms with Gasteiger partial charge in [-0.25, -0.2) is 0 Å². The average Bonchev–Trinajstić information content (AvgIpc) is 2.84. The third-order valence-corrected chi connectivity index (χ3v) is 5.75. The molecular formula is C26H23NO5. The SMILES string of the molecule is COc1ccc(CN2COc3ccc4c(=O)c(-c5ccccc5OC)coc4c3C2)cc1. The number of benzene rings is 3. The molecule has 5 rings (SSSR count). The molecule has 6 nitrogen and oxygen atoms in total. The van der Waals surface area contributed by atoms with Gasteiger partial charge in [-0.15, -0.1) is 0 Å². The minimum atomic E-state index is -0.0918. The molecule has 0 aliphatic carbocycles. The van der Waals surface area contributed by atoms with Crippen LogP contribution in [0.25, 0.3) is 22.1 Å². The quantitative estimate of drug-likeness (QED) is 0.453. The van der Waals surface area contributed by atoms with Crippen molar-refractivity contribution in [2.75, 3.05) is 21.0 Å². The molecule has 0 atom stereocenters. The van der Waals surface area contributed by atoms with E-state index in [-0.39, 0.29) is 5.43 Å². The summed E-state index contributed by atoms with van der Waals surface area (Å²) in [5.74, 6) is 2.20. The first kappa shape index (κ1) is 20.2. The van der Waals surface area contributed by atoms with Crippen LogP contribution in [0.3, 0.4) is 0 Å². The fourth-order valence-electron chi connectivity index (χ4n) is 4.10. The number of hydrogen-bond acceptors (Lipinski definition) is 6. The van der Waals surface area contributed by atoms with E-state index >= 15 is 0 Å². The lowest BCUT2D eigenvalue weighted by Gasteiger charge is -2.29. The van der Waals surface area contributed by atoms with Gasteiger partial charge < -0.3 is 18.6 Å². The Hall–Kier alpha value is -3.77. The average molecular weight is 429 g/mol. The van der Waals surface area contributed by atoms with Crippen molar-refractivity contribution in [3.05, 3.63) is 88.3 Å². The number of methoxy groups -OCH3 is 2. The number of rotatable bonds is 5. The van der Waals surface area contributed by atoms with E-state index in [1.807, 2.05) is 54.6 Å². The van der Waals surface area contributed by atoms with Gasteiger partial charge in [0.2, 0.25) is 5.43 Å². The summed E-state index contributed by atoms with van der Waals surface area (Å²) in [5, 5.41) is 0.530. The Kier molecular flexibility index (Phi) is 5.29. The van der Waals surface area contributed by atoms with E-state index in [1.165, 1.54) is 6.26 Å². The fourth-order valence-corrected chi connectivity index (χ4v) is 4.10. The molecular weight excluding hydrogens is 406 g/mol. The van der Waals surface area contributed by atoms with Gasteiger partial charge in [-0.2, -0.15) is 0 Å². The standard InChI is InChI=1S/C26H23NO5/c1-29-18-9-7-17(8-10-18)13-27-14-21-24(32-16-27)12-11-20-25(28)22(15-31-26(20)21)19-5-3-4-6-23(19)30-2/h3-12,15H,13-14,16H2,1-2H3. The molecule has 0 bridgehead atoms. The summed E-state index contributed by atoms with van der Waals surface area (Å²) in [5.41, 5.74) is 3.68. The smallest absolute Gasteiger partial charge is 0.200 e.